The Morgan fingerprint density at radius 2 is 2.07 bits per heavy atom. The molecule has 6 nitrogen and oxygen atoms in total. The van der Waals surface area contributed by atoms with Crippen LogP contribution in [0.3, 0.4) is 0 Å². The van der Waals surface area contributed by atoms with Crippen LogP contribution < -0.4 is 10.1 Å². The first-order valence-corrected chi connectivity index (χ1v) is 10.5. The first-order chi connectivity index (χ1) is 13.0. The fourth-order valence-electron chi connectivity index (χ4n) is 3.05. The van der Waals surface area contributed by atoms with Crippen molar-refractivity contribution in [3.8, 4) is 5.75 Å². The summed E-state index contributed by atoms with van der Waals surface area (Å²) >= 11 is 7.51. The number of hydrogen-bond donors (Lipinski definition) is 1. The van der Waals surface area contributed by atoms with E-state index in [1.165, 1.54) is 31.0 Å². The molecule has 146 valence electrons. The number of hydrogen-bond acceptors (Lipinski definition) is 5. The van der Waals surface area contributed by atoms with E-state index < -0.39 is 0 Å². The van der Waals surface area contributed by atoms with E-state index in [1.807, 2.05) is 36.7 Å². The van der Waals surface area contributed by atoms with Gasteiger partial charge in [0.05, 0.1) is 10.3 Å². The van der Waals surface area contributed by atoms with E-state index >= 15 is 0 Å². The van der Waals surface area contributed by atoms with Crippen molar-refractivity contribution in [2.75, 3.05) is 0 Å². The molecule has 1 atom stereocenters. The smallest absolute Gasteiger partial charge is 0.233 e. The van der Waals surface area contributed by atoms with Gasteiger partial charge in [-0.25, -0.2) is 0 Å². The zero-order valence-corrected chi connectivity index (χ0v) is 17.2. The summed E-state index contributed by atoms with van der Waals surface area (Å²) in [6.45, 7) is 2.16. The molecular weight excluding hydrogens is 384 g/mol. The van der Waals surface area contributed by atoms with Crippen LogP contribution in [0, 0.1) is 0 Å². The van der Waals surface area contributed by atoms with Crippen molar-refractivity contribution in [1.29, 1.82) is 0 Å². The van der Waals surface area contributed by atoms with Gasteiger partial charge in [0.15, 0.2) is 11.0 Å². The van der Waals surface area contributed by atoms with Gasteiger partial charge in [-0.3, -0.25) is 4.79 Å². The maximum absolute atomic E-state index is 12.5. The van der Waals surface area contributed by atoms with Crippen molar-refractivity contribution in [3.63, 3.8) is 0 Å². The monoisotopic (exact) mass is 408 g/mol. The van der Waals surface area contributed by atoms with E-state index in [0.717, 1.165) is 12.8 Å². The Labute approximate surface area is 169 Å². The second-order valence-corrected chi connectivity index (χ2v) is 8.50. The van der Waals surface area contributed by atoms with Gasteiger partial charge >= 0.3 is 0 Å². The van der Waals surface area contributed by atoms with Crippen molar-refractivity contribution in [1.82, 2.24) is 20.1 Å². The summed E-state index contributed by atoms with van der Waals surface area (Å²) in [7, 11) is 1.87. The minimum absolute atomic E-state index is 0.0590. The second kappa shape index (κ2) is 9.46. The lowest BCUT2D eigenvalue weighted by molar-refractivity contribution is -0.121. The van der Waals surface area contributed by atoms with Crippen LogP contribution in [0.4, 0.5) is 0 Å². The number of aromatic nitrogens is 3. The average Bonchev–Trinajstić information content (AvgIpc) is 3.01. The topological polar surface area (TPSA) is 69.0 Å². The molecule has 1 aromatic carbocycles. The molecule has 1 aliphatic rings. The summed E-state index contributed by atoms with van der Waals surface area (Å²) in [6, 6.07) is 7.62. The molecule has 1 unspecified atom stereocenters. The predicted octanol–water partition coefficient (Wildman–Crippen LogP) is 3.98. The summed E-state index contributed by atoms with van der Waals surface area (Å²) in [5.74, 6) is 1.35. The number of carbonyl (C=O) groups excluding carboxylic acids is 1. The van der Waals surface area contributed by atoms with E-state index in [0.29, 0.717) is 27.8 Å². The minimum atomic E-state index is -0.229. The fourth-order valence-corrected chi connectivity index (χ4v) is 4.09. The largest absolute Gasteiger partial charge is 0.484 e. The third-order valence-corrected chi connectivity index (χ3v) is 6.17. The van der Waals surface area contributed by atoms with Gasteiger partial charge in [-0.15, -0.1) is 10.2 Å². The molecule has 8 heteroatoms. The van der Waals surface area contributed by atoms with E-state index in [4.69, 9.17) is 16.3 Å². The number of ether oxygens (including phenoxy) is 1. The van der Waals surface area contributed by atoms with Gasteiger partial charge in [0.2, 0.25) is 5.91 Å². The lowest BCUT2D eigenvalue weighted by atomic mass is 9.95. The van der Waals surface area contributed by atoms with Gasteiger partial charge in [-0.05, 0) is 31.9 Å². The van der Waals surface area contributed by atoms with E-state index in [-0.39, 0.29) is 17.8 Å². The van der Waals surface area contributed by atoms with Crippen LogP contribution in [0.25, 0.3) is 0 Å². The third-order valence-electron chi connectivity index (χ3n) is 4.72. The summed E-state index contributed by atoms with van der Waals surface area (Å²) < 4.78 is 7.58. The maximum atomic E-state index is 12.5. The molecule has 3 rings (SSSR count). The Morgan fingerprint density at radius 3 is 2.81 bits per heavy atom. The number of nitrogens with one attached hydrogen (secondary N) is 1. The molecule has 0 bridgehead atoms. The van der Waals surface area contributed by atoms with Crippen LogP contribution >= 0.6 is 23.4 Å². The van der Waals surface area contributed by atoms with Crippen LogP contribution in [0.15, 0.2) is 29.4 Å². The summed E-state index contributed by atoms with van der Waals surface area (Å²) in [6.07, 6.45) is 5.83. The Hall–Kier alpha value is -1.73. The Balaban J connectivity index is 1.54. The maximum Gasteiger partial charge on any atom is 0.233 e. The highest BCUT2D eigenvalue weighted by Gasteiger charge is 2.22. The molecule has 2 aromatic rings. The first kappa shape index (κ1) is 20.0. The Bertz CT molecular complexity index is 777. The number of thioether (sulfide) groups is 1. The zero-order valence-electron chi connectivity index (χ0n) is 15.7. The molecule has 1 aromatic heterocycles. The van der Waals surface area contributed by atoms with E-state index in [1.54, 1.807) is 6.07 Å². The molecule has 1 aliphatic carbocycles. The van der Waals surface area contributed by atoms with Crippen LogP contribution in [0.1, 0.15) is 44.9 Å². The number of rotatable bonds is 7. The van der Waals surface area contributed by atoms with Crippen molar-refractivity contribution >= 4 is 29.3 Å². The molecule has 27 heavy (non-hydrogen) atoms. The SMILES string of the molecule is CC(Sc1nnc(COc2ccccc2Cl)n1C)C(=O)NC1CCCCC1. The molecule has 1 fully saturated rings. The van der Waals surface area contributed by atoms with Gasteiger partial charge in [-0.1, -0.05) is 54.8 Å². The highest BCUT2D eigenvalue weighted by atomic mass is 35.5. The Morgan fingerprint density at radius 1 is 1.33 bits per heavy atom. The average molecular weight is 409 g/mol. The van der Waals surface area contributed by atoms with Crippen molar-refractivity contribution < 1.29 is 9.53 Å². The van der Waals surface area contributed by atoms with Crippen LogP contribution in [-0.4, -0.2) is 32.0 Å². The Kier molecular flexibility index (Phi) is 7.01. The third kappa shape index (κ3) is 5.39. The lowest BCUT2D eigenvalue weighted by Crippen LogP contribution is -2.40. The number of benzene rings is 1. The summed E-state index contributed by atoms with van der Waals surface area (Å²) in [5.41, 5.74) is 0. The zero-order chi connectivity index (χ0) is 19.2. The van der Waals surface area contributed by atoms with Gasteiger partial charge in [-0.2, -0.15) is 0 Å². The highest BCUT2D eigenvalue weighted by Crippen LogP contribution is 2.26. The van der Waals surface area contributed by atoms with Crippen molar-refractivity contribution in [2.45, 2.75) is 62.1 Å². The minimum Gasteiger partial charge on any atom is -0.484 e. The first-order valence-electron chi connectivity index (χ1n) is 9.27. The molecule has 0 radical (unpaired) electrons. The number of para-hydroxylation sites is 1. The van der Waals surface area contributed by atoms with Gasteiger partial charge < -0.3 is 14.6 Å². The van der Waals surface area contributed by atoms with Crippen molar-refractivity contribution in [3.05, 3.63) is 35.1 Å². The normalized spacial score (nSPS) is 16.1. The molecule has 1 amide bonds. The molecular formula is C19H25ClN4O2S. The summed E-state index contributed by atoms with van der Waals surface area (Å²) in [5, 5.41) is 12.6. The molecule has 0 spiro atoms. The molecule has 0 aliphatic heterocycles. The molecule has 1 heterocycles. The fraction of sp³-hybridized carbons (Fsp3) is 0.526. The summed E-state index contributed by atoms with van der Waals surface area (Å²) in [4.78, 5) is 12.5. The van der Waals surface area contributed by atoms with Gasteiger partial charge in [0.25, 0.3) is 0 Å². The number of halogens is 1. The van der Waals surface area contributed by atoms with E-state index in [2.05, 4.69) is 15.5 Å². The van der Waals surface area contributed by atoms with Crippen LogP contribution in [0.2, 0.25) is 5.02 Å². The predicted molar refractivity (Wildman–Crippen MR) is 107 cm³/mol. The molecule has 1 saturated carbocycles. The highest BCUT2D eigenvalue weighted by molar-refractivity contribution is 8.00. The lowest BCUT2D eigenvalue weighted by Gasteiger charge is -2.24. The van der Waals surface area contributed by atoms with Crippen molar-refractivity contribution in [2.24, 2.45) is 7.05 Å². The molecule has 1 N–H and O–H groups in total. The second-order valence-electron chi connectivity index (χ2n) is 6.78. The van der Waals surface area contributed by atoms with Crippen LogP contribution in [-0.2, 0) is 18.4 Å². The number of carbonyl (C=O) groups is 1. The van der Waals surface area contributed by atoms with E-state index in [9.17, 15) is 4.79 Å². The molecule has 0 saturated heterocycles. The van der Waals surface area contributed by atoms with Crippen LogP contribution in [0.5, 0.6) is 5.75 Å². The van der Waals surface area contributed by atoms with Gasteiger partial charge in [0.1, 0.15) is 12.4 Å². The number of amides is 1. The number of nitrogens with zero attached hydrogens (tertiary/aromatic N) is 3. The standard InChI is InChI=1S/C19H25ClN4O2S/c1-13(18(25)21-14-8-4-3-5-9-14)27-19-23-22-17(24(19)2)12-26-16-11-7-6-10-15(16)20/h6-7,10-11,13-14H,3-5,8-9,12H2,1-2H3,(H,21,25). The van der Waals surface area contributed by atoms with Gasteiger partial charge in [0, 0.05) is 13.1 Å². The quantitative estimate of drug-likeness (QED) is 0.702.